The van der Waals surface area contributed by atoms with Gasteiger partial charge in [0.2, 0.25) is 5.69 Å². The normalized spacial score (nSPS) is 15.3. The average Bonchev–Trinajstić information content (AvgIpc) is 1.63. The quantitative estimate of drug-likeness (QED) is 0.0529. The Hall–Kier alpha value is -15.0. The van der Waals surface area contributed by atoms with E-state index in [1.54, 1.807) is 64.6 Å². The number of nitrogens with one attached hydrogen (secondary N) is 3. The molecule has 20 heterocycles. The van der Waals surface area contributed by atoms with Gasteiger partial charge in [0, 0.05) is 238 Å². The van der Waals surface area contributed by atoms with Crippen LogP contribution in [0.25, 0.3) is 107 Å². The summed E-state index contributed by atoms with van der Waals surface area (Å²) in [6.07, 6.45) is 18.1. The first-order valence-corrected chi connectivity index (χ1v) is 47.9. The number of quaternary nitrogens is 1. The van der Waals surface area contributed by atoms with E-state index in [4.69, 9.17) is 24.1 Å². The Kier molecular flexibility index (Phi) is 27.5. The van der Waals surface area contributed by atoms with E-state index in [-0.39, 0.29) is 39.3 Å². The van der Waals surface area contributed by atoms with Crippen molar-refractivity contribution in [2.24, 2.45) is 0 Å². The number of hydrogen-bond donors (Lipinski definition) is 5. The van der Waals surface area contributed by atoms with Crippen LogP contribution in [0.5, 0.6) is 5.75 Å². The van der Waals surface area contributed by atoms with Gasteiger partial charge in [-0.05, 0) is 182 Å². The molecule has 3 aromatic carbocycles. The van der Waals surface area contributed by atoms with Gasteiger partial charge in [-0.1, -0.05) is 12.1 Å². The molecule has 5 saturated heterocycles. The Morgan fingerprint density at radius 1 is 0.386 bits per heavy atom. The first-order chi connectivity index (χ1) is 67.8. The van der Waals surface area contributed by atoms with Crippen LogP contribution < -0.4 is 72.9 Å². The fourth-order valence-corrected chi connectivity index (χ4v) is 18.6. The number of halogens is 1. The van der Waals surface area contributed by atoms with Crippen molar-refractivity contribution < 1.29 is 29.2 Å². The highest BCUT2D eigenvalue weighted by molar-refractivity contribution is 7.98. The molecule has 5 fully saturated rings. The van der Waals surface area contributed by atoms with E-state index < -0.39 is 5.23 Å². The number of fused-ring (bicyclic) bond motifs is 8. The molecule has 0 saturated carbocycles. The summed E-state index contributed by atoms with van der Waals surface area (Å²) in [4.78, 5) is 119. The molecular weight excluding hydrogens is 1800 g/mol. The molecule has 5 N–H and O–H groups in total. The van der Waals surface area contributed by atoms with Crippen molar-refractivity contribution in [2.75, 3.05) is 190 Å². The van der Waals surface area contributed by atoms with Crippen molar-refractivity contribution in [1.29, 1.82) is 0 Å². The average molecular weight is 1910 g/mol. The van der Waals surface area contributed by atoms with Crippen LogP contribution in [0, 0.1) is 33.5 Å². The van der Waals surface area contributed by atoms with Crippen LogP contribution in [-0.4, -0.2) is 266 Å². The minimum Gasteiger partial charge on any atom is -0.491 e. The van der Waals surface area contributed by atoms with Gasteiger partial charge in [-0.2, -0.15) is 15.5 Å². The maximum Gasteiger partial charge on any atom is 0.258 e. The van der Waals surface area contributed by atoms with E-state index in [0.717, 1.165) is 211 Å². The number of likely N-dealkylation sites (N-methyl/N-ethyl adjacent to an activating group) is 3. The number of oxazole rings is 1. The van der Waals surface area contributed by atoms with E-state index in [1.165, 1.54) is 47.5 Å². The molecule has 23 rings (SSSR count). The van der Waals surface area contributed by atoms with Gasteiger partial charge in [0.15, 0.2) is 17.2 Å². The number of nitrogens with zero attached hydrogens (tertiary/aromatic N) is 24. The number of methoxy groups -OCH3 is 1. The number of imidazole rings is 1. The topological polar surface area (TPSA) is 349 Å². The summed E-state index contributed by atoms with van der Waals surface area (Å²) in [6.45, 7) is 27.0. The van der Waals surface area contributed by atoms with Crippen LogP contribution in [0.4, 0.5) is 38.5 Å². The van der Waals surface area contributed by atoms with Gasteiger partial charge in [0.1, 0.15) is 50.9 Å². The zero-order chi connectivity index (χ0) is 97.1. The van der Waals surface area contributed by atoms with Crippen molar-refractivity contribution in [2.45, 2.75) is 39.0 Å². The lowest BCUT2D eigenvalue weighted by Crippen LogP contribution is -3.01. The number of aromatic nitrogens is 16. The summed E-state index contributed by atoms with van der Waals surface area (Å²) in [5, 5.41) is 29.3. The highest BCUT2D eigenvalue weighted by atomic mass is 32.2. The molecule has 5 aliphatic heterocycles. The molecular formula is C102H109FN27O9S+. The largest absolute Gasteiger partial charge is 0.491 e. The van der Waals surface area contributed by atoms with Crippen LogP contribution >= 0.6 is 11.8 Å². The highest BCUT2D eigenvalue weighted by Gasteiger charge is 2.25. The molecule has 0 unspecified atom stereocenters. The molecule has 5 aliphatic rings. The van der Waals surface area contributed by atoms with E-state index in [1.807, 2.05) is 179 Å². The van der Waals surface area contributed by atoms with Crippen LogP contribution in [0.2, 0.25) is 0 Å². The van der Waals surface area contributed by atoms with Gasteiger partial charge in [-0.15, -0.1) is 11.8 Å². The summed E-state index contributed by atoms with van der Waals surface area (Å²) in [5.41, 5.74) is 20.1. The third-order valence-corrected chi connectivity index (χ3v) is 26.6. The Balaban J connectivity index is 0.000000112. The summed E-state index contributed by atoms with van der Waals surface area (Å²) in [5.74, 6) is 0.642. The number of anilines is 5. The lowest BCUT2D eigenvalue weighted by molar-refractivity contribution is -1.19. The zero-order valence-corrected chi connectivity index (χ0v) is 80.1. The Bertz CT molecular complexity index is 8010. The molecule has 0 spiro atoms. The summed E-state index contributed by atoms with van der Waals surface area (Å²) in [7, 11) is 7.86. The molecule has 18 aromatic rings. The Labute approximate surface area is 807 Å². The third-order valence-electron chi connectivity index (χ3n) is 25.9. The van der Waals surface area contributed by atoms with Crippen molar-refractivity contribution in [3.05, 3.63) is 294 Å². The smallest absolute Gasteiger partial charge is 0.258 e. The number of ether oxygens (including phenoxy) is 1. The van der Waals surface area contributed by atoms with E-state index in [2.05, 4.69) is 107 Å². The van der Waals surface area contributed by atoms with Gasteiger partial charge >= 0.3 is 0 Å². The fourth-order valence-electron chi connectivity index (χ4n) is 18.1. The molecule has 36 nitrogen and oxygen atoms in total. The van der Waals surface area contributed by atoms with E-state index in [9.17, 15) is 38.8 Å². The fraction of sp³-hybridized carbons (Fsp3) is 0.294. The standard InChI is InChI=1S/C22H24N6O.C21H23N7O.C21H21N5O2.C19H19FN4OS.C19H21N5O4/c1-16-13-27-14-17(4-6-20(27)23-16)19-12-22(29)28-15-18(5-7-21(28)24-19)26-9-3-8-25(2)10-11-26;1-14-12-28-19(15(2)22-14)10-18(24-28)17-11-21(29)27-13-16(4-5-20(27)23-17)26-8-6-25(3)7-9-26;1-14-22-17-5-3-15(11-19(17)28-14)18-12-21(27)26-13-16(4-6-20(26)23-18)25-9-7-24(2)8-10-25;1-26-17-4-2-13(10-15(17)20)16-11-19(25)24-12-14(3-5-18(24)22-16)23-8-6-21-7-9-23;1-28-17-4-2-13(10-16(17)24(26)27)15-11-19(25)23-12-14(3-5-18(23)21-15)22-8-6-20-7-9-22/h4-7,12-15H,3,8-11H2,1-2H3;4-5,10-13H,6-9H2,1-3H3;3-6,11-13H,7-10H2,1-2H3;2-5,10-12,21H,6-9H2,1H3;2-5,10-12,20,26-27H,6-9H2,1H3/p+1. The summed E-state index contributed by atoms with van der Waals surface area (Å²) < 4.78 is 36.5. The molecule has 0 amide bonds. The van der Waals surface area contributed by atoms with Crippen LogP contribution in [-0.2, 0) is 0 Å². The lowest BCUT2D eigenvalue weighted by atomic mass is 10.1. The number of thioether (sulfide) groups is 1. The second-order valence-corrected chi connectivity index (χ2v) is 36.4. The molecule has 140 heavy (non-hydrogen) atoms. The molecule has 0 bridgehead atoms. The number of rotatable bonds is 13. The first-order valence-electron chi connectivity index (χ1n) is 46.7. The van der Waals surface area contributed by atoms with Crippen molar-refractivity contribution >= 4 is 96.4 Å². The van der Waals surface area contributed by atoms with E-state index >= 15 is 0 Å². The predicted octanol–water partition coefficient (Wildman–Crippen LogP) is 9.50. The monoisotopic (exact) mass is 1910 g/mol. The minimum absolute atomic E-state index is 0.0688. The number of hydrogen-bond acceptors (Lipinski definition) is 29. The van der Waals surface area contributed by atoms with Gasteiger partial charge in [-0.3, -0.25) is 51.0 Å². The Morgan fingerprint density at radius 3 is 1.25 bits per heavy atom. The van der Waals surface area contributed by atoms with Gasteiger partial charge in [0.25, 0.3) is 27.8 Å². The number of aryl methyl sites for hydroxylation is 4. The summed E-state index contributed by atoms with van der Waals surface area (Å²) >= 11 is 1.35. The first kappa shape index (κ1) is 94.0. The molecule has 718 valence electrons. The molecule has 0 radical (unpaired) electrons. The molecule has 0 aliphatic carbocycles. The van der Waals surface area contributed by atoms with Crippen molar-refractivity contribution in [3.63, 3.8) is 0 Å². The number of benzene rings is 3. The predicted molar refractivity (Wildman–Crippen MR) is 543 cm³/mol. The highest BCUT2D eigenvalue weighted by Crippen LogP contribution is 2.32. The molecule has 0 atom stereocenters. The molecule has 15 aromatic heterocycles. The maximum atomic E-state index is 14.1. The summed E-state index contributed by atoms with van der Waals surface area (Å²) in [6, 6.07) is 48.5. The van der Waals surface area contributed by atoms with Crippen LogP contribution in [0.15, 0.2) is 247 Å². The van der Waals surface area contributed by atoms with Gasteiger partial charge < -0.3 is 63.4 Å². The SMILES string of the molecule is COc1ccc(-c2cc(=O)n3cc(N4CCNCC4)ccc3n2)cc1[NH+](O)O.CSc1ccc(-c2cc(=O)n3cc(N4CCNCC4)ccc3n2)cc1F.Cc1cn2cc(-c3cc(=O)n4cc(N5CCCN(C)CC5)ccc4n3)ccc2n1.Cc1cn2nc(-c3cc(=O)n4cc(N5CCN(C)CC5)ccc4n3)cc2c(C)n1.Cc1nc2ccc(-c3cc(=O)n4cc(N5CCN(C)CC5)ccc4n3)cc2o1. The van der Waals surface area contributed by atoms with Gasteiger partial charge in [-0.25, -0.2) is 43.8 Å². The number of piperazine rings is 4. The lowest BCUT2D eigenvalue weighted by Gasteiger charge is -2.34. The Morgan fingerprint density at radius 2 is 0.786 bits per heavy atom. The van der Waals surface area contributed by atoms with Crippen molar-refractivity contribution in [1.82, 2.24) is 101 Å². The minimum atomic E-state index is -0.850. The van der Waals surface area contributed by atoms with Crippen molar-refractivity contribution in [3.8, 4) is 62.2 Å². The second-order valence-electron chi connectivity index (χ2n) is 35.6. The van der Waals surface area contributed by atoms with Crippen LogP contribution in [0.1, 0.15) is 29.4 Å². The number of pyridine rings is 6. The second kappa shape index (κ2) is 41.0. The van der Waals surface area contributed by atoms with Crippen LogP contribution in [0.3, 0.4) is 0 Å². The third kappa shape index (κ3) is 20.8. The maximum absolute atomic E-state index is 14.1. The molecule has 38 heteroatoms. The van der Waals surface area contributed by atoms with E-state index in [0.29, 0.717) is 95.6 Å². The van der Waals surface area contributed by atoms with Gasteiger partial charge in [0.05, 0.1) is 92.8 Å². The zero-order valence-electron chi connectivity index (χ0n) is 79.3.